The van der Waals surface area contributed by atoms with Crippen LogP contribution in [0.1, 0.15) is 43.7 Å². The first kappa shape index (κ1) is 28.3. The van der Waals surface area contributed by atoms with E-state index in [0.717, 1.165) is 45.4 Å². The van der Waals surface area contributed by atoms with Gasteiger partial charge in [0.1, 0.15) is 0 Å². The molecule has 9 heteroatoms. The molecule has 0 spiro atoms. The van der Waals surface area contributed by atoms with Crippen molar-refractivity contribution in [2.45, 2.75) is 31.7 Å². The summed E-state index contributed by atoms with van der Waals surface area (Å²) in [5.41, 5.74) is 4.40. The molecule has 0 fully saturated rings. The SMILES string of the molecule is Cc1cc(C2=CC(c3cc(Cl)cc(Cl)c3)(C(F)(F)F)ON2C)ccc1CNC(=O)c1cccc2c1-c1ccccc1C2. The molecule has 4 aromatic rings. The summed E-state index contributed by atoms with van der Waals surface area (Å²) in [6.07, 6.45) is -2.96. The quantitative estimate of drug-likeness (QED) is 0.217. The Kier molecular flexibility index (Phi) is 7.08. The fourth-order valence-corrected chi connectivity index (χ4v) is 6.27. The van der Waals surface area contributed by atoms with E-state index in [0.29, 0.717) is 11.1 Å². The summed E-state index contributed by atoms with van der Waals surface area (Å²) in [6.45, 7) is 2.11. The highest BCUT2D eigenvalue weighted by molar-refractivity contribution is 6.34. The first-order valence-electron chi connectivity index (χ1n) is 13.2. The van der Waals surface area contributed by atoms with Crippen LogP contribution >= 0.6 is 23.2 Å². The number of amides is 1. The highest BCUT2D eigenvalue weighted by atomic mass is 35.5. The molecule has 0 radical (unpaired) electrons. The number of halogens is 5. The summed E-state index contributed by atoms with van der Waals surface area (Å²) in [5, 5.41) is 4.26. The van der Waals surface area contributed by atoms with E-state index in [9.17, 15) is 18.0 Å². The standard InChI is InChI=1S/C33H25Cl2F3N2O2/c1-19-12-21(29-17-32(33(36,37)38,42-40(29)2)24-14-25(34)16-26(35)15-24)10-11-23(19)18-39-31(41)28-9-5-7-22-13-20-6-3-4-8-27(20)30(22)28/h3-12,14-17H,13,18H2,1-2H3,(H,39,41). The fraction of sp³-hybridized carbons (Fsp3) is 0.182. The molecule has 1 heterocycles. The topological polar surface area (TPSA) is 41.6 Å². The van der Waals surface area contributed by atoms with Crippen molar-refractivity contribution in [2.24, 2.45) is 0 Å². The van der Waals surface area contributed by atoms with Crippen molar-refractivity contribution in [3.05, 3.63) is 134 Å². The smallest absolute Gasteiger partial charge is 0.348 e. The second kappa shape index (κ2) is 10.5. The van der Waals surface area contributed by atoms with Gasteiger partial charge < -0.3 is 5.32 Å². The molecule has 1 unspecified atom stereocenters. The van der Waals surface area contributed by atoms with Gasteiger partial charge in [0.2, 0.25) is 5.60 Å². The normalized spacial score (nSPS) is 17.6. The van der Waals surface area contributed by atoms with E-state index in [1.807, 2.05) is 43.3 Å². The van der Waals surface area contributed by atoms with E-state index in [1.54, 1.807) is 18.2 Å². The first-order chi connectivity index (χ1) is 20.0. The van der Waals surface area contributed by atoms with E-state index in [4.69, 9.17) is 28.0 Å². The van der Waals surface area contributed by atoms with E-state index < -0.39 is 11.8 Å². The predicted octanol–water partition coefficient (Wildman–Crippen LogP) is 8.48. The minimum absolute atomic E-state index is 0.0705. The van der Waals surface area contributed by atoms with Crippen molar-refractivity contribution >= 4 is 34.8 Å². The second-order valence-corrected chi connectivity index (χ2v) is 11.4. The van der Waals surface area contributed by atoms with Crippen LogP contribution in [0.4, 0.5) is 13.2 Å². The lowest BCUT2D eigenvalue weighted by atomic mass is 9.91. The van der Waals surface area contributed by atoms with Crippen molar-refractivity contribution in [1.82, 2.24) is 10.4 Å². The highest BCUT2D eigenvalue weighted by Crippen LogP contribution is 2.51. The fourth-order valence-electron chi connectivity index (χ4n) is 5.74. The zero-order valence-electron chi connectivity index (χ0n) is 22.7. The molecular weight excluding hydrogens is 584 g/mol. The zero-order chi connectivity index (χ0) is 29.8. The maximum atomic E-state index is 14.5. The molecule has 0 saturated heterocycles. The maximum Gasteiger partial charge on any atom is 0.428 e. The lowest BCUT2D eigenvalue weighted by molar-refractivity contribution is -0.308. The van der Waals surface area contributed by atoms with E-state index in [-0.39, 0.29) is 33.8 Å². The van der Waals surface area contributed by atoms with Gasteiger partial charge in [-0.05, 0) is 83.1 Å². The molecule has 1 amide bonds. The lowest BCUT2D eigenvalue weighted by Crippen LogP contribution is -2.42. The van der Waals surface area contributed by atoms with Crippen LogP contribution < -0.4 is 5.32 Å². The second-order valence-electron chi connectivity index (χ2n) is 10.5. The number of nitrogens with one attached hydrogen (secondary N) is 1. The number of benzene rings is 4. The Morgan fingerprint density at radius 1 is 0.976 bits per heavy atom. The predicted molar refractivity (Wildman–Crippen MR) is 158 cm³/mol. The zero-order valence-corrected chi connectivity index (χ0v) is 24.2. The molecular formula is C33H25Cl2F3N2O2. The Morgan fingerprint density at radius 3 is 2.40 bits per heavy atom. The van der Waals surface area contributed by atoms with Crippen molar-refractivity contribution in [1.29, 1.82) is 0 Å². The summed E-state index contributed by atoms with van der Waals surface area (Å²) >= 11 is 12.1. The van der Waals surface area contributed by atoms with Crippen LogP contribution in [0.3, 0.4) is 0 Å². The van der Waals surface area contributed by atoms with Crippen molar-refractivity contribution in [2.75, 3.05) is 7.05 Å². The number of aryl methyl sites for hydroxylation is 1. The number of hydroxylamine groups is 2. The minimum atomic E-state index is -4.80. The molecule has 2 aliphatic rings. The van der Waals surface area contributed by atoms with Crippen LogP contribution in [0.25, 0.3) is 16.8 Å². The molecule has 0 bridgehead atoms. The van der Waals surface area contributed by atoms with Gasteiger partial charge in [-0.1, -0.05) is 71.7 Å². The van der Waals surface area contributed by atoms with Gasteiger partial charge in [0.05, 0.1) is 5.70 Å². The van der Waals surface area contributed by atoms with Gasteiger partial charge in [0.15, 0.2) is 0 Å². The van der Waals surface area contributed by atoms with Crippen LogP contribution in [-0.4, -0.2) is 24.2 Å². The summed E-state index contributed by atoms with van der Waals surface area (Å²) in [7, 11) is 1.42. The molecule has 214 valence electrons. The number of alkyl halides is 3. The number of rotatable bonds is 5. The molecule has 1 aliphatic carbocycles. The Hall–Kier alpha value is -3.78. The number of carbonyl (C=O) groups excluding carboxylic acids is 1. The maximum absolute atomic E-state index is 14.5. The Labute approximate surface area is 251 Å². The van der Waals surface area contributed by atoms with Crippen LogP contribution in [0, 0.1) is 6.92 Å². The Balaban J connectivity index is 1.26. The van der Waals surface area contributed by atoms with Crippen molar-refractivity contribution in [3.8, 4) is 11.1 Å². The Morgan fingerprint density at radius 2 is 1.69 bits per heavy atom. The van der Waals surface area contributed by atoms with E-state index >= 15 is 0 Å². The average Bonchev–Trinajstić information content (AvgIpc) is 3.50. The summed E-state index contributed by atoms with van der Waals surface area (Å²) < 4.78 is 43.6. The van der Waals surface area contributed by atoms with Gasteiger partial charge in [0.25, 0.3) is 5.91 Å². The third kappa shape index (κ3) is 4.85. The van der Waals surface area contributed by atoms with Gasteiger partial charge in [0, 0.05) is 40.3 Å². The molecule has 0 aromatic heterocycles. The van der Waals surface area contributed by atoms with Gasteiger partial charge in [-0.2, -0.15) is 13.2 Å². The number of fused-ring (bicyclic) bond motifs is 3. The average molecular weight is 609 g/mol. The molecule has 0 saturated carbocycles. The lowest BCUT2D eigenvalue weighted by Gasteiger charge is -2.31. The van der Waals surface area contributed by atoms with E-state index in [2.05, 4.69) is 11.4 Å². The molecule has 1 N–H and O–H groups in total. The van der Waals surface area contributed by atoms with Gasteiger partial charge in [-0.3, -0.25) is 9.86 Å². The molecule has 42 heavy (non-hydrogen) atoms. The van der Waals surface area contributed by atoms with Crippen molar-refractivity contribution < 1.29 is 22.8 Å². The largest absolute Gasteiger partial charge is 0.428 e. The third-order valence-corrected chi connectivity index (χ3v) is 8.25. The summed E-state index contributed by atoms with van der Waals surface area (Å²) in [5.74, 6) is -0.186. The number of hydrogen-bond donors (Lipinski definition) is 1. The molecule has 1 aliphatic heterocycles. The van der Waals surface area contributed by atoms with Gasteiger partial charge in [-0.15, -0.1) is 0 Å². The highest BCUT2D eigenvalue weighted by Gasteiger charge is 2.60. The Bertz CT molecular complexity index is 1750. The third-order valence-electron chi connectivity index (χ3n) is 7.81. The number of hydrogen-bond acceptors (Lipinski definition) is 3. The van der Waals surface area contributed by atoms with Crippen LogP contribution in [-0.2, 0) is 23.4 Å². The molecule has 6 rings (SSSR count). The van der Waals surface area contributed by atoms with Crippen molar-refractivity contribution in [3.63, 3.8) is 0 Å². The van der Waals surface area contributed by atoms with Gasteiger partial charge in [-0.25, -0.2) is 4.84 Å². The number of nitrogens with zero attached hydrogens (tertiary/aromatic N) is 1. The van der Waals surface area contributed by atoms with Crippen LogP contribution in [0.5, 0.6) is 0 Å². The van der Waals surface area contributed by atoms with Gasteiger partial charge >= 0.3 is 6.18 Å². The summed E-state index contributed by atoms with van der Waals surface area (Å²) in [6, 6.07) is 22.9. The molecule has 1 atom stereocenters. The molecule has 4 nitrogen and oxygen atoms in total. The summed E-state index contributed by atoms with van der Waals surface area (Å²) in [4.78, 5) is 18.8. The van der Waals surface area contributed by atoms with Crippen LogP contribution in [0.2, 0.25) is 10.0 Å². The minimum Gasteiger partial charge on any atom is -0.348 e. The van der Waals surface area contributed by atoms with Crippen LogP contribution in [0.15, 0.2) is 84.9 Å². The van der Waals surface area contributed by atoms with E-state index in [1.165, 1.54) is 30.8 Å². The number of carbonyl (C=O) groups is 1. The monoisotopic (exact) mass is 608 g/mol. The first-order valence-corrected chi connectivity index (χ1v) is 14.0. The molecule has 4 aromatic carbocycles.